The van der Waals surface area contributed by atoms with Crippen LogP contribution in [-0.4, -0.2) is 10.2 Å². The largest absolute Gasteiger partial charge is 0.285 e. The summed E-state index contributed by atoms with van der Waals surface area (Å²) in [6, 6.07) is 1.52. The van der Waals surface area contributed by atoms with Crippen molar-refractivity contribution in [2.75, 3.05) is 0 Å². The fourth-order valence-electron chi connectivity index (χ4n) is 0.938. The van der Waals surface area contributed by atoms with Crippen molar-refractivity contribution in [1.29, 1.82) is 0 Å². The molecule has 0 saturated heterocycles. The monoisotopic (exact) mass is 186 g/mol. The van der Waals surface area contributed by atoms with Crippen LogP contribution in [0.5, 0.6) is 0 Å². The summed E-state index contributed by atoms with van der Waals surface area (Å²) in [4.78, 5) is 0. The van der Waals surface area contributed by atoms with Gasteiger partial charge in [-0.25, -0.2) is 4.39 Å². The van der Waals surface area contributed by atoms with Crippen molar-refractivity contribution in [1.82, 2.24) is 10.2 Å². The third-order valence-corrected chi connectivity index (χ3v) is 2.19. The Kier molecular flexibility index (Phi) is 1.65. The number of thiophene rings is 1. The number of hydrogen-bond donors (Lipinski definition) is 1. The molecule has 0 aliphatic rings. The van der Waals surface area contributed by atoms with Gasteiger partial charge in [-0.05, 0) is 6.07 Å². The van der Waals surface area contributed by atoms with E-state index in [9.17, 15) is 8.78 Å². The van der Waals surface area contributed by atoms with Gasteiger partial charge < -0.3 is 0 Å². The third kappa shape index (κ3) is 1.02. The highest BCUT2D eigenvalue weighted by Crippen LogP contribution is 2.28. The Labute approximate surface area is 70.9 Å². The van der Waals surface area contributed by atoms with E-state index in [1.165, 1.54) is 12.3 Å². The first kappa shape index (κ1) is 7.42. The second kappa shape index (κ2) is 2.67. The van der Waals surface area contributed by atoms with Crippen LogP contribution in [0.1, 0.15) is 0 Å². The summed E-state index contributed by atoms with van der Waals surface area (Å²) in [6.45, 7) is 0. The van der Waals surface area contributed by atoms with Crippen molar-refractivity contribution in [3.05, 3.63) is 28.6 Å². The van der Waals surface area contributed by atoms with Gasteiger partial charge in [0.05, 0.1) is 11.3 Å². The first-order valence-corrected chi connectivity index (χ1v) is 4.09. The van der Waals surface area contributed by atoms with Crippen LogP contribution in [0.4, 0.5) is 8.78 Å². The van der Waals surface area contributed by atoms with Crippen molar-refractivity contribution in [2.45, 2.75) is 0 Å². The summed E-state index contributed by atoms with van der Waals surface area (Å²) in [7, 11) is 0. The number of nitrogens with one attached hydrogen (secondary N) is 1. The van der Waals surface area contributed by atoms with E-state index < -0.39 is 10.9 Å². The molecule has 0 spiro atoms. The van der Waals surface area contributed by atoms with Gasteiger partial charge in [-0.1, -0.05) is 0 Å². The predicted octanol–water partition coefficient (Wildman–Crippen LogP) is 2.42. The number of hydrogen-bond acceptors (Lipinski definition) is 2. The normalized spacial score (nSPS) is 10.5. The standard InChI is InChI=1S/C7H4F2N2S/c8-4-3-12-7(9)6(4)5-1-2-10-11-5/h1-3H,(H,10,11). The maximum absolute atomic E-state index is 12.9. The molecule has 5 heteroatoms. The second-order valence-electron chi connectivity index (χ2n) is 2.19. The van der Waals surface area contributed by atoms with Gasteiger partial charge in [0, 0.05) is 11.6 Å². The molecule has 2 heterocycles. The minimum atomic E-state index is -0.565. The van der Waals surface area contributed by atoms with Crippen LogP contribution in [0, 0.1) is 10.9 Å². The summed E-state index contributed by atoms with van der Waals surface area (Å²) in [5.74, 6) is -0.565. The van der Waals surface area contributed by atoms with Crippen LogP contribution in [0.2, 0.25) is 0 Å². The summed E-state index contributed by atoms with van der Waals surface area (Å²) in [6.07, 6.45) is 1.52. The average molecular weight is 186 g/mol. The molecule has 2 nitrogen and oxygen atoms in total. The molecule has 1 N–H and O–H groups in total. The molecular weight excluding hydrogens is 182 g/mol. The van der Waals surface area contributed by atoms with Crippen LogP contribution < -0.4 is 0 Å². The molecule has 2 aromatic heterocycles. The number of rotatable bonds is 1. The molecule has 0 saturated carbocycles. The lowest BCUT2D eigenvalue weighted by Gasteiger charge is -1.89. The molecular formula is C7H4F2N2S. The maximum Gasteiger partial charge on any atom is 0.188 e. The number of nitrogens with zero attached hydrogens (tertiary/aromatic N) is 1. The third-order valence-electron chi connectivity index (χ3n) is 1.46. The minimum Gasteiger partial charge on any atom is -0.285 e. The fourth-order valence-corrected chi connectivity index (χ4v) is 1.58. The Morgan fingerprint density at radius 1 is 1.42 bits per heavy atom. The zero-order chi connectivity index (χ0) is 8.55. The Bertz CT molecular complexity index is 361. The maximum atomic E-state index is 12.9. The van der Waals surface area contributed by atoms with E-state index in [0.29, 0.717) is 5.69 Å². The molecule has 0 radical (unpaired) electrons. The van der Waals surface area contributed by atoms with E-state index in [2.05, 4.69) is 10.2 Å². The first-order valence-electron chi connectivity index (χ1n) is 3.21. The Morgan fingerprint density at radius 2 is 2.25 bits per heavy atom. The zero-order valence-electron chi connectivity index (χ0n) is 5.84. The van der Waals surface area contributed by atoms with E-state index in [1.54, 1.807) is 0 Å². The summed E-state index contributed by atoms with van der Waals surface area (Å²) >= 11 is 0.734. The molecule has 12 heavy (non-hydrogen) atoms. The van der Waals surface area contributed by atoms with E-state index in [-0.39, 0.29) is 5.56 Å². The second-order valence-corrected chi connectivity index (χ2v) is 3.02. The molecule has 0 atom stereocenters. The molecule has 0 fully saturated rings. The number of halogens is 2. The van der Waals surface area contributed by atoms with Gasteiger partial charge >= 0.3 is 0 Å². The van der Waals surface area contributed by atoms with Crippen LogP contribution in [0.25, 0.3) is 11.3 Å². The van der Waals surface area contributed by atoms with E-state index >= 15 is 0 Å². The number of aromatic nitrogens is 2. The van der Waals surface area contributed by atoms with E-state index in [1.807, 2.05) is 0 Å². The van der Waals surface area contributed by atoms with Crippen molar-refractivity contribution >= 4 is 11.3 Å². The lowest BCUT2D eigenvalue weighted by atomic mass is 10.2. The zero-order valence-corrected chi connectivity index (χ0v) is 6.66. The minimum absolute atomic E-state index is 0.0544. The van der Waals surface area contributed by atoms with Gasteiger partial charge in [0.1, 0.15) is 5.82 Å². The van der Waals surface area contributed by atoms with E-state index in [0.717, 1.165) is 16.7 Å². The first-order chi connectivity index (χ1) is 5.79. The fraction of sp³-hybridized carbons (Fsp3) is 0. The average Bonchev–Trinajstić information content (AvgIpc) is 2.61. The van der Waals surface area contributed by atoms with Crippen molar-refractivity contribution in [2.24, 2.45) is 0 Å². The molecule has 62 valence electrons. The van der Waals surface area contributed by atoms with Gasteiger partial charge in [0.15, 0.2) is 5.13 Å². The molecule has 0 aromatic carbocycles. The highest BCUT2D eigenvalue weighted by molar-refractivity contribution is 7.08. The highest BCUT2D eigenvalue weighted by Gasteiger charge is 2.14. The van der Waals surface area contributed by atoms with Gasteiger partial charge in [-0.2, -0.15) is 9.49 Å². The summed E-state index contributed by atoms with van der Waals surface area (Å²) < 4.78 is 25.8. The smallest absolute Gasteiger partial charge is 0.188 e. The molecule has 0 aliphatic heterocycles. The van der Waals surface area contributed by atoms with Crippen molar-refractivity contribution in [3.63, 3.8) is 0 Å². The van der Waals surface area contributed by atoms with Gasteiger partial charge in [0.25, 0.3) is 0 Å². The lowest BCUT2D eigenvalue weighted by molar-refractivity contribution is 0.614. The molecule has 0 unspecified atom stereocenters. The predicted molar refractivity (Wildman–Crippen MR) is 41.8 cm³/mol. The summed E-state index contributed by atoms with van der Waals surface area (Å²) in [5, 5.41) is 6.76. The van der Waals surface area contributed by atoms with Gasteiger partial charge in [-0.3, -0.25) is 5.10 Å². The molecule has 0 aliphatic carbocycles. The lowest BCUT2D eigenvalue weighted by Crippen LogP contribution is -1.81. The topological polar surface area (TPSA) is 28.7 Å². The van der Waals surface area contributed by atoms with Crippen molar-refractivity contribution in [3.8, 4) is 11.3 Å². The Balaban J connectivity index is 2.60. The SMILES string of the molecule is Fc1csc(F)c1-c1cc[nH]n1. The highest BCUT2D eigenvalue weighted by atomic mass is 32.1. The van der Waals surface area contributed by atoms with Gasteiger partial charge in [-0.15, -0.1) is 11.3 Å². The number of aromatic amines is 1. The Hall–Kier alpha value is -1.23. The molecule has 0 bridgehead atoms. The van der Waals surface area contributed by atoms with Crippen molar-refractivity contribution < 1.29 is 8.78 Å². The molecule has 0 amide bonds. The molecule has 2 aromatic rings. The Morgan fingerprint density at radius 3 is 2.75 bits per heavy atom. The van der Waals surface area contributed by atoms with Crippen LogP contribution in [0.3, 0.4) is 0 Å². The molecule has 2 rings (SSSR count). The number of H-pyrrole nitrogens is 1. The van der Waals surface area contributed by atoms with Crippen LogP contribution in [0.15, 0.2) is 17.6 Å². The quantitative estimate of drug-likeness (QED) is 0.727. The van der Waals surface area contributed by atoms with E-state index in [4.69, 9.17) is 0 Å². The van der Waals surface area contributed by atoms with Crippen LogP contribution >= 0.6 is 11.3 Å². The summed E-state index contributed by atoms with van der Waals surface area (Å²) in [5.41, 5.74) is 0.243. The van der Waals surface area contributed by atoms with Gasteiger partial charge in [0.2, 0.25) is 0 Å². The van der Waals surface area contributed by atoms with Crippen LogP contribution in [-0.2, 0) is 0 Å².